The molecule has 0 aliphatic rings. The molecule has 0 saturated carbocycles. The molecule has 0 aliphatic heterocycles. The topological polar surface area (TPSA) is 63.2 Å². The number of hydrogen-bond donors (Lipinski definition) is 0. The van der Waals surface area contributed by atoms with E-state index in [1.165, 1.54) is 0 Å². The van der Waals surface area contributed by atoms with Crippen molar-refractivity contribution in [1.82, 2.24) is 0 Å². The first kappa shape index (κ1) is 20.4. The van der Waals surface area contributed by atoms with Crippen LogP contribution in [-0.4, -0.2) is 32.0 Å². The smallest absolute Gasteiger partial charge is 0.374 e. The van der Waals surface area contributed by atoms with Gasteiger partial charge in [0.1, 0.15) is 0 Å². The summed E-state index contributed by atoms with van der Waals surface area (Å²) in [5, 5.41) is 0. The third kappa shape index (κ3) is 9.08. The summed E-state index contributed by atoms with van der Waals surface area (Å²) in [5.74, 6) is -0.451. The molecule has 0 aromatic heterocycles. The second-order valence-corrected chi connectivity index (χ2v) is 5.72. The molecule has 0 saturated heterocycles. The monoisotopic (exact) mass is 330 g/mol. The summed E-state index contributed by atoms with van der Waals surface area (Å²) in [4.78, 5) is 0. The molecule has 2 atom stereocenters. The van der Waals surface area contributed by atoms with Crippen LogP contribution >= 0.6 is 7.82 Å². The second-order valence-electron chi connectivity index (χ2n) is 4.30. The Bertz CT molecular complexity index is 329. The van der Waals surface area contributed by atoms with Crippen LogP contribution in [0, 0.1) is 5.92 Å². The van der Waals surface area contributed by atoms with Crippen LogP contribution in [0.2, 0.25) is 0 Å². The molecule has 0 N–H and O–H groups in total. The van der Waals surface area contributed by atoms with Gasteiger partial charge in [-0.2, -0.15) is 0 Å². The van der Waals surface area contributed by atoms with E-state index in [1.807, 2.05) is 0 Å². The van der Waals surface area contributed by atoms with Gasteiger partial charge in [-0.05, 0) is 22.9 Å². The Hall–Kier alpha value is -0.630. The molecule has 9 heteroatoms. The Balaban J connectivity index is 4.45. The molecule has 124 valence electrons. The molecular formula is C12H21F2O6P. The SMILES string of the molecule is C=CC(C)OCC(COC(C)C=C)COP(=O)(OF)OF. The molecule has 0 fully saturated rings. The predicted molar refractivity (Wildman–Crippen MR) is 72.7 cm³/mol. The molecule has 2 unspecified atom stereocenters. The average Bonchev–Trinajstić information content (AvgIpc) is 2.52. The fourth-order valence-electron chi connectivity index (χ4n) is 1.10. The van der Waals surface area contributed by atoms with Gasteiger partial charge >= 0.3 is 7.82 Å². The van der Waals surface area contributed by atoms with Gasteiger partial charge in [-0.15, -0.1) is 13.2 Å². The van der Waals surface area contributed by atoms with E-state index in [0.29, 0.717) is 0 Å². The van der Waals surface area contributed by atoms with E-state index < -0.39 is 13.7 Å². The van der Waals surface area contributed by atoms with Gasteiger partial charge in [-0.1, -0.05) is 21.6 Å². The largest absolute Gasteiger partial charge is 0.537 e. The van der Waals surface area contributed by atoms with Crippen molar-refractivity contribution in [3.05, 3.63) is 25.3 Å². The van der Waals surface area contributed by atoms with Gasteiger partial charge in [0.15, 0.2) is 0 Å². The summed E-state index contributed by atoms with van der Waals surface area (Å²) in [6.07, 6.45) is 2.69. The second kappa shape index (κ2) is 11.0. The van der Waals surface area contributed by atoms with E-state index >= 15 is 0 Å². The lowest BCUT2D eigenvalue weighted by Gasteiger charge is -2.20. The number of phosphoric acid groups is 1. The standard InChI is InChI=1S/C12H21F2O6P/c1-5-10(3)16-7-12(8-17-11(4)6-2)9-18-21(15,19-13)20-14/h5-6,10-12H,1-2,7-9H2,3-4H3. The molecule has 0 aliphatic carbocycles. The van der Waals surface area contributed by atoms with Crippen molar-refractivity contribution in [2.24, 2.45) is 5.92 Å². The summed E-state index contributed by atoms with van der Waals surface area (Å²) in [6, 6.07) is 0. The summed E-state index contributed by atoms with van der Waals surface area (Å²) in [6.45, 7) is 10.6. The van der Waals surface area contributed by atoms with E-state index in [2.05, 4.69) is 27.1 Å². The lowest BCUT2D eigenvalue weighted by atomic mass is 10.2. The highest BCUT2D eigenvalue weighted by Gasteiger charge is 2.31. The molecule has 0 rings (SSSR count). The van der Waals surface area contributed by atoms with Crippen molar-refractivity contribution in [3.8, 4) is 0 Å². The third-order valence-electron chi connectivity index (χ3n) is 2.49. The van der Waals surface area contributed by atoms with Gasteiger partial charge in [-0.3, -0.25) is 4.52 Å². The number of rotatable bonds is 13. The molecule has 0 aromatic rings. The van der Waals surface area contributed by atoms with Crippen molar-refractivity contribution in [2.45, 2.75) is 26.1 Å². The maximum atomic E-state index is 11.9. The lowest BCUT2D eigenvalue weighted by molar-refractivity contribution is -0.122. The highest BCUT2D eigenvalue weighted by Crippen LogP contribution is 2.50. The Morgan fingerprint density at radius 1 is 1.00 bits per heavy atom. The molecule has 21 heavy (non-hydrogen) atoms. The van der Waals surface area contributed by atoms with Crippen molar-refractivity contribution in [3.63, 3.8) is 0 Å². The summed E-state index contributed by atoms with van der Waals surface area (Å²) >= 11 is 0. The molecule has 0 bridgehead atoms. The minimum atomic E-state index is -4.83. The first-order chi connectivity index (χ1) is 9.90. The third-order valence-corrected chi connectivity index (χ3v) is 3.29. The van der Waals surface area contributed by atoms with Crippen LogP contribution in [0.5, 0.6) is 0 Å². The summed E-state index contributed by atoms with van der Waals surface area (Å²) < 4.78 is 55.8. The Kier molecular flexibility index (Phi) is 10.7. The lowest BCUT2D eigenvalue weighted by Crippen LogP contribution is -2.25. The normalized spacial score (nSPS) is 16.2. The van der Waals surface area contributed by atoms with Crippen molar-refractivity contribution >= 4 is 7.82 Å². The summed E-state index contributed by atoms with van der Waals surface area (Å²) in [5.41, 5.74) is 0. The average molecular weight is 330 g/mol. The van der Waals surface area contributed by atoms with Crippen LogP contribution in [0.1, 0.15) is 13.8 Å². The zero-order valence-corrected chi connectivity index (χ0v) is 13.0. The number of halogens is 2. The molecule has 0 amide bonds. The molecule has 0 heterocycles. The Morgan fingerprint density at radius 2 is 1.43 bits per heavy atom. The van der Waals surface area contributed by atoms with Crippen LogP contribution < -0.4 is 0 Å². The van der Waals surface area contributed by atoms with Crippen LogP contribution in [0.3, 0.4) is 0 Å². The van der Waals surface area contributed by atoms with Crippen LogP contribution in [0.4, 0.5) is 9.05 Å². The quantitative estimate of drug-likeness (QED) is 0.379. The van der Waals surface area contributed by atoms with E-state index in [0.717, 1.165) is 0 Å². The summed E-state index contributed by atoms with van der Waals surface area (Å²) in [7, 11) is -4.83. The van der Waals surface area contributed by atoms with Gasteiger partial charge < -0.3 is 9.47 Å². The Morgan fingerprint density at radius 3 is 1.76 bits per heavy atom. The van der Waals surface area contributed by atoms with Gasteiger partial charge in [0, 0.05) is 5.92 Å². The Labute approximate surface area is 123 Å². The van der Waals surface area contributed by atoms with E-state index in [9.17, 15) is 13.6 Å². The van der Waals surface area contributed by atoms with Crippen molar-refractivity contribution in [2.75, 3.05) is 19.8 Å². The highest BCUT2D eigenvalue weighted by atomic mass is 31.2. The van der Waals surface area contributed by atoms with Crippen molar-refractivity contribution < 1.29 is 37.1 Å². The zero-order chi connectivity index (χ0) is 16.3. The minimum Gasteiger partial charge on any atom is -0.374 e. The molecular weight excluding hydrogens is 309 g/mol. The number of ether oxygens (including phenoxy) is 2. The first-order valence-electron chi connectivity index (χ1n) is 6.24. The van der Waals surface area contributed by atoms with Crippen LogP contribution in [0.25, 0.3) is 0 Å². The fraction of sp³-hybridized carbons (Fsp3) is 0.667. The van der Waals surface area contributed by atoms with Gasteiger partial charge in [-0.25, -0.2) is 4.57 Å². The maximum absolute atomic E-state index is 11.9. The molecule has 0 spiro atoms. The molecule has 6 nitrogen and oxygen atoms in total. The van der Waals surface area contributed by atoms with Crippen molar-refractivity contribution in [1.29, 1.82) is 0 Å². The van der Waals surface area contributed by atoms with Crippen LogP contribution in [-0.2, 0) is 28.0 Å². The first-order valence-corrected chi connectivity index (χ1v) is 7.70. The van der Waals surface area contributed by atoms with E-state index in [1.54, 1.807) is 26.0 Å². The minimum absolute atomic E-state index is 0.135. The predicted octanol–water partition coefficient (Wildman–Crippen LogP) is 3.71. The fourth-order valence-corrected chi connectivity index (χ4v) is 1.60. The van der Waals surface area contributed by atoms with E-state index in [4.69, 9.17) is 9.47 Å². The van der Waals surface area contributed by atoms with Crippen LogP contribution in [0.15, 0.2) is 25.3 Å². The zero-order valence-electron chi connectivity index (χ0n) is 12.1. The number of hydrogen-bond acceptors (Lipinski definition) is 6. The van der Waals surface area contributed by atoms with Gasteiger partial charge in [0.05, 0.1) is 32.0 Å². The maximum Gasteiger partial charge on any atom is 0.537 e. The van der Waals surface area contributed by atoms with E-state index in [-0.39, 0.29) is 32.0 Å². The molecule has 0 aromatic carbocycles. The van der Waals surface area contributed by atoms with Gasteiger partial charge in [0.2, 0.25) is 0 Å². The molecule has 0 radical (unpaired) electrons. The highest BCUT2D eigenvalue weighted by molar-refractivity contribution is 7.48. The van der Waals surface area contributed by atoms with Gasteiger partial charge in [0.25, 0.3) is 0 Å².